The summed E-state index contributed by atoms with van der Waals surface area (Å²) in [6.45, 7) is 8.92. The Labute approximate surface area is 161 Å². The van der Waals surface area contributed by atoms with Crippen molar-refractivity contribution in [2.75, 3.05) is 29.6 Å². The maximum atomic E-state index is 12.1. The highest BCUT2D eigenvalue weighted by Gasteiger charge is 2.38. The maximum absolute atomic E-state index is 12.1. The summed E-state index contributed by atoms with van der Waals surface area (Å²) in [6, 6.07) is 3.09. The van der Waals surface area contributed by atoms with Crippen molar-refractivity contribution in [1.29, 1.82) is 0 Å². The van der Waals surface area contributed by atoms with E-state index in [0.717, 1.165) is 29.9 Å². The number of likely N-dealkylation sites (tertiary alicyclic amines) is 1. The van der Waals surface area contributed by atoms with E-state index < -0.39 is 0 Å². The molecule has 3 heterocycles. The molecule has 1 aromatic heterocycles. The van der Waals surface area contributed by atoms with E-state index in [1.54, 1.807) is 6.92 Å². The zero-order valence-corrected chi connectivity index (χ0v) is 16.8. The predicted octanol–water partition coefficient (Wildman–Crippen LogP) is 4.01. The Morgan fingerprint density at radius 2 is 1.92 bits per heavy atom. The molecule has 0 radical (unpaired) electrons. The summed E-state index contributed by atoms with van der Waals surface area (Å²) in [7, 11) is 0. The number of rotatable bonds is 3. The lowest BCUT2D eigenvalue weighted by molar-refractivity contribution is -0.116. The van der Waals surface area contributed by atoms with Crippen LogP contribution in [-0.2, 0) is 4.79 Å². The topological polar surface area (TPSA) is 39.7 Å². The lowest BCUT2D eigenvalue weighted by atomic mass is 9.76. The smallest absolute Gasteiger partial charge is 0.225 e. The first-order chi connectivity index (χ1) is 12.5. The number of carbonyl (C=O) groups is 1. The molecule has 6 heteroatoms. The van der Waals surface area contributed by atoms with Gasteiger partial charge in [0.15, 0.2) is 5.15 Å². The zero-order valence-electron chi connectivity index (χ0n) is 16.0. The van der Waals surface area contributed by atoms with Gasteiger partial charge in [-0.05, 0) is 58.7 Å². The third-order valence-electron chi connectivity index (χ3n) is 6.26. The molecule has 142 valence electrons. The van der Waals surface area contributed by atoms with Gasteiger partial charge in [-0.25, -0.2) is 4.98 Å². The van der Waals surface area contributed by atoms with Crippen LogP contribution in [0.25, 0.3) is 0 Å². The number of amides is 1. The average molecular weight is 377 g/mol. The van der Waals surface area contributed by atoms with E-state index in [1.165, 1.54) is 32.4 Å². The lowest BCUT2D eigenvalue weighted by Crippen LogP contribution is -2.46. The second kappa shape index (κ2) is 7.01. The van der Waals surface area contributed by atoms with Gasteiger partial charge < -0.3 is 9.80 Å². The van der Waals surface area contributed by atoms with Crippen LogP contribution in [0.1, 0.15) is 64.5 Å². The fourth-order valence-corrected chi connectivity index (χ4v) is 4.90. The molecule has 26 heavy (non-hydrogen) atoms. The molecule has 4 rings (SSSR count). The highest BCUT2D eigenvalue weighted by atomic mass is 35.5. The van der Waals surface area contributed by atoms with Gasteiger partial charge in [0.2, 0.25) is 5.91 Å². The first-order valence-corrected chi connectivity index (χ1v) is 10.3. The number of nitrogens with zero attached hydrogens (tertiary/aromatic N) is 4. The Balaban J connectivity index is 1.55. The van der Waals surface area contributed by atoms with Gasteiger partial charge in [0.1, 0.15) is 5.69 Å². The Bertz CT molecular complexity index is 695. The number of carbonyl (C=O) groups excluding carboxylic acids is 1. The summed E-state index contributed by atoms with van der Waals surface area (Å²) in [4.78, 5) is 23.5. The fourth-order valence-electron chi connectivity index (χ4n) is 4.59. The Morgan fingerprint density at radius 1 is 1.23 bits per heavy atom. The van der Waals surface area contributed by atoms with Crippen LogP contribution in [-0.4, -0.2) is 47.6 Å². The number of aromatic nitrogens is 1. The van der Waals surface area contributed by atoms with Crippen molar-refractivity contribution in [2.45, 2.75) is 70.9 Å². The van der Waals surface area contributed by atoms with E-state index in [2.05, 4.69) is 29.7 Å². The van der Waals surface area contributed by atoms with Crippen molar-refractivity contribution >= 4 is 28.9 Å². The largest absolute Gasteiger partial charge is 0.347 e. The van der Waals surface area contributed by atoms with Crippen LogP contribution in [0.5, 0.6) is 0 Å². The summed E-state index contributed by atoms with van der Waals surface area (Å²) < 4.78 is 0. The van der Waals surface area contributed by atoms with E-state index >= 15 is 0 Å². The van der Waals surface area contributed by atoms with Crippen LogP contribution in [0.3, 0.4) is 0 Å². The van der Waals surface area contributed by atoms with Crippen molar-refractivity contribution < 1.29 is 4.79 Å². The minimum atomic E-state index is 0.0578. The van der Waals surface area contributed by atoms with E-state index in [0.29, 0.717) is 23.8 Å². The van der Waals surface area contributed by atoms with Gasteiger partial charge in [-0.15, -0.1) is 0 Å². The number of fused-ring (bicyclic) bond motifs is 1. The molecule has 0 N–H and O–H groups in total. The molecule has 3 aliphatic rings. The minimum absolute atomic E-state index is 0.0578. The molecule has 0 aromatic carbocycles. The number of hydrogen-bond donors (Lipinski definition) is 0. The molecular formula is C20H29ClN4O. The van der Waals surface area contributed by atoms with Crippen LogP contribution < -0.4 is 9.80 Å². The van der Waals surface area contributed by atoms with E-state index in [-0.39, 0.29) is 11.9 Å². The van der Waals surface area contributed by atoms with Crippen molar-refractivity contribution in [1.82, 2.24) is 9.88 Å². The molecule has 0 spiro atoms. The molecule has 0 atom stereocenters. The second-order valence-corrected chi connectivity index (χ2v) is 8.63. The number of piperidine rings is 1. The van der Waals surface area contributed by atoms with Crippen LogP contribution >= 0.6 is 11.6 Å². The molecule has 2 aliphatic heterocycles. The third kappa shape index (κ3) is 3.09. The van der Waals surface area contributed by atoms with Gasteiger partial charge in [0.25, 0.3) is 0 Å². The predicted molar refractivity (Wildman–Crippen MR) is 106 cm³/mol. The Morgan fingerprint density at radius 3 is 2.54 bits per heavy atom. The SMILES string of the molecule is CC(=O)N1CN(C(C)C)c2c1cc(C1CC(N3CCCCC3)C1)nc2Cl. The standard InChI is InChI=1S/C20H29ClN4O/c1-13(2)24-12-25(14(3)26)18-11-17(22-20(21)19(18)24)15-9-16(10-15)23-7-5-4-6-8-23/h11,13,15-16H,4-10,12H2,1-3H3. The van der Waals surface area contributed by atoms with E-state index in [4.69, 9.17) is 16.6 Å². The van der Waals surface area contributed by atoms with Crippen molar-refractivity contribution in [3.05, 3.63) is 16.9 Å². The molecular weight excluding hydrogens is 348 g/mol. The summed E-state index contributed by atoms with van der Waals surface area (Å²) in [5, 5.41) is 0.538. The van der Waals surface area contributed by atoms with Crippen molar-refractivity contribution in [3.63, 3.8) is 0 Å². The summed E-state index contributed by atoms with van der Waals surface area (Å²) in [5.41, 5.74) is 2.90. The van der Waals surface area contributed by atoms with Crippen LogP contribution in [0.2, 0.25) is 5.15 Å². The number of halogens is 1. The highest BCUT2D eigenvalue weighted by Crippen LogP contribution is 2.46. The molecule has 1 aliphatic carbocycles. The van der Waals surface area contributed by atoms with Gasteiger partial charge in [0, 0.05) is 30.6 Å². The van der Waals surface area contributed by atoms with Gasteiger partial charge in [-0.3, -0.25) is 9.69 Å². The molecule has 1 saturated carbocycles. The maximum Gasteiger partial charge on any atom is 0.225 e. The first-order valence-electron chi connectivity index (χ1n) is 9.95. The zero-order chi connectivity index (χ0) is 18.4. The fraction of sp³-hybridized carbons (Fsp3) is 0.700. The highest BCUT2D eigenvalue weighted by molar-refractivity contribution is 6.33. The van der Waals surface area contributed by atoms with Crippen LogP contribution in [0.4, 0.5) is 11.4 Å². The second-order valence-electron chi connectivity index (χ2n) is 8.28. The third-order valence-corrected chi connectivity index (χ3v) is 6.53. The molecule has 0 unspecified atom stereocenters. The van der Waals surface area contributed by atoms with Crippen LogP contribution in [0.15, 0.2) is 6.07 Å². The summed E-state index contributed by atoms with van der Waals surface area (Å²) >= 11 is 6.59. The quantitative estimate of drug-likeness (QED) is 0.747. The molecule has 1 amide bonds. The summed E-state index contributed by atoms with van der Waals surface area (Å²) in [5.74, 6) is 0.522. The Kier molecular flexibility index (Phi) is 4.86. The monoisotopic (exact) mass is 376 g/mol. The van der Waals surface area contributed by atoms with Crippen LogP contribution in [0, 0.1) is 0 Å². The normalized spacial score (nSPS) is 26.2. The minimum Gasteiger partial charge on any atom is -0.347 e. The molecule has 2 fully saturated rings. The lowest BCUT2D eigenvalue weighted by Gasteiger charge is -2.44. The number of anilines is 2. The first kappa shape index (κ1) is 18.1. The van der Waals surface area contributed by atoms with Gasteiger partial charge in [-0.2, -0.15) is 0 Å². The van der Waals surface area contributed by atoms with E-state index in [1.807, 2.05) is 4.90 Å². The number of hydrogen-bond acceptors (Lipinski definition) is 4. The molecule has 5 nitrogen and oxygen atoms in total. The van der Waals surface area contributed by atoms with E-state index in [9.17, 15) is 4.79 Å². The van der Waals surface area contributed by atoms with Gasteiger partial charge >= 0.3 is 0 Å². The van der Waals surface area contributed by atoms with Gasteiger partial charge in [0.05, 0.1) is 12.4 Å². The molecule has 1 saturated heterocycles. The van der Waals surface area contributed by atoms with Crippen molar-refractivity contribution in [2.24, 2.45) is 0 Å². The summed E-state index contributed by atoms with van der Waals surface area (Å²) in [6.07, 6.45) is 6.37. The van der Waals surface area contributed by atoms with Crippen molar-refractivity contribution in [3.8, 4) is 0 Å². The number of pyridine rings is 1. The Hall–Kier alpha value is -1.33. The average Bonchev–Trinajstić information content (AvgIpc) is 2.95. The molecule has 1 aromatic rings. The molecule has 0 bridgehead atoms. The van der Waals surface area contributed by atoms with Gasteiger partial charge in [-0.1, -0.05) is 18.0 Å².